The molecule has 1 heterocycles. The van der Waals surface area contributed by atoms with Gasteiger partial charge in [-0.1, -0.05) is 5.21 Å². The van der Waals surface area contributed by atoms with Crippen molar-refractivity contribution in [1.29, 1.82) is 0 Å². The molecule has 0 amide bonds. The number of rotatable bonds is 3. The highest BCUT2D eigenvalue weighted by Crippen LogP contribution is 2.57. The summed E-state index contributed by atoms with van der Waals surface area (Å²) in [7, 11) is 1.84. The zero-order chi connectivity index (χ0) is 9.47. The first-order chi connectivity index (χ1) is 6.22. The Hall–Kier alpha value is -0.940. The summed E-state index contributed by atoms with van der Waals surface area (Å²) in [5, 5.41) is 17.0. The number of aryl methyl sites for hydroxylation is 1. The lowest BCUT2D eigenvalue weighted by atomic mass is 10.0. The van der Waals surface area contributed by atoms with E-state index in [9.17, 15) is 0 Å². The summed E-state index contributed by atoms with van der Waals surface area (Å²) in [4.78, 5) is 0. The smallest absolute Gasteiger partial charge is 0.0865 e. The first kappa shape index (κ1) is 8.65. The van der Waals surface area contributed by atoms with E-state index < -0.39 is 0 Å². The van der Waals surface area contributed by atoms with Gasteiger partial charge in [0.15, 0.2) is 0 Å². The molecule has 3 N–H and O–H groups in total. The molecular formula is C8H14N4O. The van der Waals surface area contributed by atoms with Crippen LogP contribution in [0.2, 0.25) is 0 Å². The van der Waals surface area contributed by atoms with E-state index in [0.717, 1.165) is 12.1 Å². The highest BCUT2D eigenvalue weighted by atomic mass is 16.3. The van der Waals surface area contributed by atoms with Crippen LogP contribution in [0.4, 0.5) is 0 Å². The summed E-state index contributed by atoms with van der Waals surface area (Å²) < 4.78 is 1.67. The maximum Gasteiger partial charge on any atom is 0.0865 e. The van der Waals surface area contributed by atoms with Crippen LogP contribution in [-0.4, -0.2) is 33.3 Å². The van der Waals surface area contributed by atoms with Gasteiger partial charge in [-0.05, 0) is 6.42 Å². The Balaban J connectivity index is 2.14. The van der Waals surface area contributed by atoms with E-state index in [1.807, 2.05) is 13.2 Å². The van der Waals surface area contributed by atoms with Gasteiger partial charge >= 0.3 is 0 Å². The van der Waals surface area contributed by atoms with Crippen LogP contribution in [0, 0.1) is 5.41 Å². The van der Waals surface area contributed by atoms with Crippen molar-refractivity contribution in [3.63, 3.8) is 0 Å². The van der Waals surface area contributed by atoms with Crippen molar-refractivity contribution >= 4 is 0 Å². The molecular weight excluding hydrogens is 168 g/mol. The van der Waals surface area contributed by atoms with E-state index in [1.54, 1.807) is 4.68 Å². The third-order valence-electron chi connectivity index (χ3n) is 2.89. The number of aliphatic hydroxyl groups excluding tert-OH is 1. The molecule has 0 aromatic carbocycles. The lowest BCUT2D eigenvalue weighted by Gasteiger charge is -2.08. The minimum atomic E-state index is -0.115. The average Bonchev–Trinajstić information content (AvgIpc) is 2.74. The summed E-state index contributed by atoms with van der Waals surface area (Å²) in [6, 6.07) is 0. The predicted octanol–water partition coefficient (Wildman–Crippen LogP) is -0.760. The second-order valence-electron chi connectivity index (χ2n) is 3.80. The lowest BCUT2D eigenvalue weighted by Crippen LogP contribution is -2.21. The average molecular weight is 182 g/mol. The van der Waals surface area contributed by atoms with Gasteiger partial charge in [-0.3, -0.25) is 4.68 Å². The van der Waals surface area contributed by atoms with Gasteiger partial charge in [0.1, 0.15) is 0 Å². The van der Waals surface area contributed by atoms with Crippen molar-refractivity contribution in [3.8, 4) is 0 Å². The van der Waals surface area contributed by atoms with Gasteiger partial charge in [-0.15, -0.1) is 5.10 Å². The van der Waals surface area contributed by atoms with E-state index in [-0.39, 0.29) is 12.0 Å². The fraction of sp³-hybridized carbons (Fsp3) is 0.750. The highest BCUT2D eigenvalue weighted by Gasteiger charge is 2.54. The molecule has 2 rings (SSSR count). The van der Waals surface area contributed by atoms with Crippen molar-refractivity contribution < 1.29 is 5.11 Å². The monoisotopic (exact) mass is 182 g/mol. The molecule has 1 saturated carbocycles. The number of aromatic nitrogens is 3. The second-order valence-corrected chi connectivity index (χ2v) is 3.80. The Kier molecular flexibility index (Phi) is 1.85. The van der Waals surface area contributed by atoms with Crippen molar-refractivity contribution in [3.05, 3.63) is 11.9 Å². The van der Waals surface area contributed by atoms with Crippen LogP contribution in [0.25, 0.3) is 0 Å². The molecule has 72 valence electrons. The number of nitrogens with two attached hydrogens (primary N) is 1. The van der Waals surface area contributed by atoms with Gasteiger partial charge in [0.05, 0.1) is 12.3 Å². The molecule has 1 aliphatic rings. The van der Waals surface area contributed by atoms with Crippen molar-refractivity contribution in [2.24, 2.45) is 18.2 Å². The Labute approximate surface area is 76.5 Å². The third kappa shape index (κ3) is 1.24. The van der Waals surface area contributed by atoms with Crippen molar-refractivity contribution in [2.75, 3.05) is 13.2 Å². The molecule has 2 atom stereocenters. The first-order valence-corrected chi connectivity index (χ1v) is 4.39. The van der Waals surface area contributed by atoms with Crippen LogP contribution in [0.1, 0.15) is 18.0 Å². The summed E-state index contributed by atoms with van der Waals surface area (Å²) in [5.74, 6) is 0.302. The molecule has 0 radical (unpaired) electrons. The van der Waals surface area contributed by atoms with Gasteiger partial charge in [-0.25, -0.2) is 0 Å². The molecule has 1 aromatic heterocycles. The molecule has 0 saturated heterocycles. The Morgan fingerprint density at radius 3 is 3.00 bits per heavy atom. The SMILES string of the molecule is Cn1cc(C2CC2(CN)CO)nn1. The maximum absolute atomic E-state index is 9.16. The van der Waals surface area contributed by atoms with Crippen molar-refractivity contribution in [2.45, 2.75) is 12.3 Å². The third-order valence-corrected chi connectivity index (χ3v) is 2.89. The molecule has 1 aromatic rings. The van der Waals surface area contributed by atoms with Crippen LogP contribution in [0.3, 0.4) is 0 Å². The number of hydrogen-bond acceptors (Lipinski definition) is 4. The van der Waals surface area contributed by atoms with E-state index in [1.165, 1.54) is 0 Å². The zero-order valence-corrected chi connectivity index (χ0v) is 7.64. The molecule has 5 heteroatoms. The maximum atomic E-state index is 9.16. The number of hydrogen-bond donors (Lipinski definition) is 2. The van der Waals surface area contributed by atoms with Gasteiger partial charge in [0.2, 0.25) is 0 Å². The largest absolute Gasteiger partial charge is 0.396 e. The molecule has 0 aliphatic heterocycles. The molecule has 5 nitrogen and oxygen atoms in total. The molecule has 13 heavy (non-hydrogen) atoms. The van der Waals surface area contributed by atoms with Gasteiger partial charge < -0.3 is 10.8 Å². The minimum absolute atomic E-state index is 0.115. The van der Waals surface area contributed by atoms with Crippen LogP contribution < -0.4 is 5.73 Å². The quantitative estimate of drug-likeness (QED) is 0.644. The molecule has 1 fully saturated rings. The van der Waals surface area contributed by atoms with Crippen molar-refractivity contribution in [1.82, 2.24) is 15.0 Å². The Morgan fingerprint density at radius 2 is 2.62 bits per heavy atom. The second kappa shape index (κ2) is 2.78. The summed E-state index contributed by atoms with van der Waals surface area (Å²) in [6.45, 7) is 0.662. The molecule has 1 aliphatic carbocycles. The van der Waals surface area contributed by atoms with Gasteiger partial charge in [0.25, 0.3) is 0 Å². The van der Waals surface area contributed by atoms with E-state index >= 15 is 0 Å². The summed E-state index contributed by atoms with van der Waals surface area (Å²) >= 11 is 0. The number of nitrogens with zero attached hydrogens (tertiary/aromatic N) is 3. The van der Waals surface area contributed by atoms with Gasteiger partial charge in [0, 0.05) is 31.1 Å². The van der Waals surface area contributed by atoms with Crippen LogP contribution in [-0.2, 0) is 7.05 Å². The van der Waals surface area contributed by atoms with Gasteiger partial charge in [-0.2, -0.15) is 0 Å². The van der Waals surface area contributed by atoms with Crippen LogP contribution in [0.15, 0.2) is 6.20 Å². The standard InChI is InChI=1S/C8H14N4O/c1-12-3-7(10-11-12)6-2-8(6,4-9)5-13/h3,6,13H,2,4-5,9H2,1H3. The fourth-order valence-corrected chi connectivity index (χ4v) is 1.76. The fourth-order valence-electron chi connectivity index (χ4n) is 1.76. The molecule has 0 bridgehead atoms. The minimum Gasteiger partial charge on any atom is -0.396 e. The van der Waals surface area contributed by atoms with E-state index in [0.29, 0.717) is 12.5 Å². The summed E-state index contributed by atoms with van der Waals surface area (Å²) in [5.41, 5.74) is 6.43. The van der Waals surface area contributed by atoms with Crippen LogP contribution in [0.5, 0.6) is 0 Å². The van der Waals surface area contributed by atoms with E-state index in [2.05, 4.69) is 10.3 Å². The normalized spacial score (nSPS) is 32.1. The molecule has 0 spiro atoms. The predicted molar refractivity (Wildman–Crippen MR) is 46.9 cm³/mol. The summed E-state index contributed by atoms with van der Waals surface area (Å²) in [6.07, 6.45) is 2.82. The Morgan fingerprint density at radius 1 is 1.85 bits per heavy atom. The lowest BCUT2D eigenvalue weighted by molar-refractivity contribution is 0.211. The molecule has 2 unspecified atom stereocenters. The zero-order valence-electron chi connectivity index (χ0n) is 7.64. The van der Waals surface area contributed by atoms with E-state index in [4.69, 9.17) is 10.8 Å². The Bertz CT molecular complexity index is 305. The van der Waals surface area contributed by atoms with Crippen LogP contribution >= 0.6 is 0 Å². The topological polar surface area (TPSA) is 77.0 Å². The first-order valence-electron chi connectivity index (χ1n) is 4.39. The number of aliphatic hydroxyl groups is 1. The highest BCUT2D eigenvalue weighted by molar-refractivity contribution is 5.21.